The van der Waals surface area contributed by atoms with Crippen LogP contribution in [0.4, 0.5) is 4.79 Å². The molecular weight excluding hydrogens is 242 g/mol. The first-order valence-electron chi connectivity index (χ1n) is 6.77. The number of carbonyl (C=O) groups is 1. The van der Waals surface area contributed by atoms with E-state index in [1.54, 1.807) is 4.90 Å². The van der Waals surface area contributed by atoms with Crippen LogP contribution in [0.25, 0.3) is 0 Å². The molecule has 2 heterocycles. The number of amides is 1. The van der Waals surface area contributed by atoms with Crippen molar-refractivity contribution in [1.82, 2.24) is 14.5 Å². The van der Waals surface area contributed by atoms with Gasteiger partial charge in [0.1, 0.15) is 5.60 Å². The second kappa shape index (κ2) is 4.87. The minimum absolute atomic E-state index is 0.223. The third-order valence-corrected chi connectivity index (χ3v) is 3.20. The number of hydrogen-bond donors (Lipinski definition) is 0. The van der Waals surface area contributed by atoms with E-state index in [1.165, 1.54) is 5.69 Å². The Bertz CT molecular complexity index is 454. The third kappa shape index (κ3) is 3.08. The number of rotatable bonds is 2. The van der Waals surface area contributed by atoms with Crippen molar-refractivity contribution in [2.75, 3.05) is 13.1 Å². The molecule has 0 spiro atoms. The maximum absolute atomic E-state index is 11.9. The predicted molar refractivity (Wildman–Crippen MR) is 73.2 cm³/mol. The van der Waals surface area contributed by atoms with Gasteiger partial charge >= 0.3 is 6.09 Å². The highest BCUT2D eigenvalue weighted by molar-refractivity contribution is 5.69. The largest absolute Gasteiger partial charge is 0.444 e. The number of carbonyl (C=O) groups excluding carboxylic acids is 1. The fraction of sp³-hybridized carbons (Fsp3) is 0.714. The molecule has 5 nitrogen and oxygen atoms in total. The van der Waals surface area contributed by atoms with E-state index in [0.717, 1.165) is 0 Å². The van der Waals surface area contributed by atoms with Crippen molar-refractivity contribution >= 4 is 6.09 Å². The van der Waals surface area contributed by atoms with E-state index < -0.39 is 5.60 Å². The molecule has 1 amide bonds. The summed E-state index contributed by atoms with van der Waals surface area (Å²) in [6, 6.07) is 0.396. The summed E-state index contributed by atoms with van der Waals surface area (Å²) in [7, 11) is 0. The quantitative estimate of drug-likeness (QED) is 0.826. The molecule has 106 valence electrons. The molecule has 2 rings (SSSR count). The van der Waals surface area contributed by atoms with Gasteiger partial charge in [0.2, 0.25) is 0 Å². The summed E-state index contributed by atoms with van der Waals surface area (Å²) in [4.78, 5) is 17.8. The standard InChI is InChI=1S/C14H23N3O2/c1-10(2)17-9-15-6-12(17)11-7-16(8-11)13(18)19-14(3,4)5/h6,9-11H,7-8H2,1-5H3. The van der Waals surface area contributed by atoms with Gasteiger partial charge in [0.15, 0.2) is 0 Å². The molecule has 0 aromatic carbocycles. The number of ether oxygens (including phenoxy) is 1. The molecule has 0 atom stereocenters. The molecule has 0 unspecified atom stereocenters. The number of nitrogens with zero attached hydrogens (tertiary/aromatic N) is 3. The first-order chi connectivity index (χ1) is 8.78. The molecular formula is C14H23N3O2. The van der Waals surface area contributed by atoms with Gasteiger partial charge in [-0.05, 0) is 34.6 Å². The van der Waals surface area contributed by atoms with Gasteiger partial charge in [-0.2, -0.15) is 0 Å². The van der Waals surface area contributed by atoms with Crippen molar-refractivity contribution in [3.63, 3.8) is 0 Å². The lowest BCUT2D eigenvalue weighted by atomic mass is 9.97. The lowest BCUT2D eigenvalue weighted by Gasteiger charge is -2.40. The Morgan fingerprint density at radius 1 is 1.42 bits per heavy atom. The highest BCUT2D eigenvalue weighted by Crippen LogP contribution is 2.29. The molecule has 0 N–H and O–H groups in total. The van der Waals surface area contributed by atoms with Crippen LogP contribution in [0, 0.1) is 0 Å². The average molecular weight is 265 g/mol. The van der Waals surface area contributed by atoms with Crippen LogP contribution in [-0.4, -0.2) is 39.2 Å². The van der Waals surface area contributed by atoms with Crippen molar-refractivity contribution in [3.05, 3.63) is 18.2 Å². The van der Waals surface area contributed by atoms with Crippen LogP contribution in [0.15, 0.2) is 12.5 Å². The molecule has 1 aliphatic heterocycles. The van der Waals surface area contributed by atoms with E-state index in [2.05, 4.69) is 23.4 Å². The number of aromatic nitrogens is 2. The highest BCUT2D eigenvalue weighted by atomic mass is 16.6. The number of imidazole rings is 1. The fourth-order valence-corrected chi connectivity index (χ4v) is 2.20. The van der Waals surface area contributed by atoms with E-state index in [1.807, 2.05) is 33.3 Å². The van der Waals surface area contributed by atoms with Crippen molar-refractivity contribution in [2.45, 2.75) is 52.2 Å². The van der Waals surface area contributed by atoms with Gasteiger partial charge in [-0.15, -0.1) is 0 Å². The minimum atomic E-state index is -0.429. The van der Waals surface area contributed by atoms with Gasteiger partial charge in [-0.25, -0.2) is 9.78 Å². The van der Waals surface area contributed by atoms with E-state index >= 15 is 0 Å². The Kier molecular flexibility index (Phi) is 3.56. The molecule has 0 aliphatic carbocycles. The lowest BCUT2D eigenvalue weighted by Crippen LogP contribution is -2.50. The summed E-state index contributed by atoms with van der Waals surface area (Å²) in [6.07, 6.45) is 3.53. The summed E-state index contributed by atoms with van der Waals surface area (Å²) < 4.78 is 7.51. The maximum Gasteiger partial charge on any atom is 0.410 e. The van der Waals surface area contributed by atoms with Gasteiger partial charge in [0.05, 0.1) is 6.33 Å². The van der Waals surface area contributed by atoms with Crippen LogP contribution >= 0.6 is 0 Å². The highest BCUT2D eigenvalue weighted by Gasteiger charge is 2.36. The van der Waals surface area contributed by atoms with Crippen LogP contribution < -0.4 is 0 Å². The van der Waals surface area contributed by atoms with Crippen molar-refractivity contribution < 1.29 is 9.53 Å². The molecule has 0 bridgehead atoms. The zero-order valence-corrected chi connectivity index (χ0v) is 12.4. The average Bonchev–Trinajstić information content (AvgIpc) is 2.60. The fourth-order valence-electron chi connectivity index (χ4n) is 2.20. The Morgan fingerprint density at radius 2 is 2.05 bits per heavy atom. The second-order valence-corrected chi connectivity index (χ2v) is 6.40. The molecule has 0 radical (unpaired) electrons. The van der Waals surface area contributed by atoms with Crippen molar-refractivity contribution in [1.29, 1.82) is 0 Å². The Morgan fingerprint density at radius 3 is 2.58 bits per heavy atom. The van der Waals surface area contributed by atoms with Gasteiger partial charge in [-0.3, -0.25) is 0 Å². The van der Waals surface area contributed by atoms with Crippen LogP contribution in [-0.2, 0) is 4.74 Å². The molecule has 19 heavy (non-hydrogen) atoms. The number of hydrogen-bond acceptors (Lipinski definition) is 3. The SMILES string of the molecule is CC(C)n1cncc1C1CN(C(=O)OC(C)(C)C)C1. The zero-order valence-electron chi connectivity index (χ0n) is 12.4. The summed E-state index contributed by atoms with van der Waals surface area (Å²) in [5.41, 5.74) is 0.775. The van der Waals surface area contributed by atoms with Crippen LogP contribution in [0.5, 0.6) is 0 Å². The Labute approximate surface area is 114 Å². The normalized spacial score (nSPS) is 16.6. The molecule has 1 aliphatic rings. The van der Waals surface area contributed by atoms with Gasteiger partial charge in [0.25, 0.3) is 0 Å². The van der Waals surface area contributed by atoms with Crippen molar-refractivity contribution in [3.8, 4) is 0 Å². The summed E-state index contributed by atoms with van der Waals surface area (Å²) >= 11 is 0. The first kappa shape index (κ1) is 13.9. The molecule has 1 aromatic heterocycles. The Balaban J connectivity index is 1.93. The first-order valence-corrected chi connectivity index (χ1v) is 6.77. The van der Waals surface area contributed by atoms with Crippen LogP contribution in [0.1, 0.15) is 52.3 Å². The number of likely N-dealkylation sites (tertiary alicyclic amines) is 1. The van der Waals surface area contributed by atoms with E-state index in [9.17, 15) is 4.79 Å². The van der Waals surface area contributed by atoms with Crippen molar-refractivity contribution in [2.24, 2.45) is 0 Å². The summed E-state index contributed by atoms with van der Waals surface area (Å²) in [6.45, 7) is 11.4. The second-order valence-electron chi connectivity index (χ2n) is 6.40. The molecule has 1 aromatic rings. The third-order valence-electron chi connectivity index (χ3n) is 3.20. The van der Waals surface area contributed by atoms with Gasteiger partial charge in [-0.1, -0.05) is 0 Å². The van der Waals surface area contributed by atoms with Crippen LogP contribution in [0.3, 0.4) is 0 Å². The topological polar surface area (TPSA) is 47.4 Å². The minimum Gasteiger partial charge on any atom is -0.444 e. The lowest BCUT2D eigenvalue weighted by molar-refractivity contribution is 0.00754. The monoisotopic (exact) mass is 265 g/mol. The van der Waals surface area contributed by atoms with Crippen LogP contribution in [0.2, 0.25) is 0 Å². The van der Waals surface area contributed by atoms with E-state index in [4.69, 9.17) is 4.74 Å². The smallest absolute Gasteiger partial charge is 0.410 e. The van der Waals surface area contributed by atoms with E-state index in [-0.39, 0.29) is 6.09 Å². The van der Waals surface area contributed by atoms with Gasteiger partial charge < -0.3 is 14.2 Å². The Hall–Kier alpha value is -1.52. The zero-order chi connectivity index (χ0) is 14.2. The molecule has 5 heteroatoms. The van der Waals surface area contributed by atoms with Gasteiger partial charge in [0, 0.05) is 36.9 Å². The molecule has 0 saturated carbocycles. The molecule has 1 fully saturated rings. The molecule has 1 saturated heterocycles. The summed E-state index contributed by atoms with van der Waals surface area (Å²) in [5, 5.41) is 0. The predicted octanol–water partition coefficient (Wildman–Crippen LogP) is 2.80. The van der Waals surface area contributed by atoms with E-state index in [0.29, 0.717) is 25.0 Å². The maximum atomic E-state index is 11.9. The summed E-state index contributed by atoms with van der Waals surface area (Å²) in [5.74, 6) is 0.373.